The molecule has 2 rings (SSSR count). The third-order valence-electron chi connectivity index (χ3n) is 1.68. The Balaban J connectivity index is 2.27. The van der Waals surface area contributed by atoms with Crippen molar-refractivity contribution in [3.63, 3.8) is 0 Å². The minimum atomic E-state index is 0.144. The van der Waals surface area contributed by atoms with Gasteiger partial charge in [-0.05, 0) is 25.3 Å². The van der Waals surface area contributed by atoms with E-state index in [0.717, 1.165) is 0 Å². The molecule has 1 aromatic heterocycles. The van der Waals surface area contributed by atoms with Crippen molar-refractivity contribution in [1.29, 1.82) is 0 Å². The third kappa shape index (κ3) is 0.797. The number of thiophene rings is 1. The lowest BCUT2D eigenvalue weighted by atomic mass is 10.1. The smallest absolute Gasteiger partial charge is 0.0985 e. The highest BCUT2D eigenvalue weighted by molar-refractivity contribution is 7.12. The van der Waals surface area contributed by atoms with Crippen LogP contribution in [-0.4, -0.2) is 11.3 Å². The number of aliphatic imine (C=N–C) groups is 1. The van der Waals surface area contributed by atoms with Crippen LogP contribution in [0.1, 0.15) is 18.7 Å². The number of nitrogens with zero attached hydrogens (tertiary/aromatic N) is 1. The zero-order valence-corrected chi connectivity index (χ0v) is 6.90. The van der Waals surface area contributed by atoms with E-state index in [0.29, 0.717) is 0 Å². The van der Waals surface area contributed by atoms with Gasteiger partial charge in [0.15, 0.2) is 0 Å². The highest BCUT2D eigenvalue weighted by atomic mass is 32.1. The van der Waals surface area contributed by atoms with Gasteiger partial charge < -0.3 is 0 Å². The van der Waals surface area contributed by atoms with Gasteiger partial charge in [-0.2, -0.15) is 0 Å². The summed E-state index contributed by atoms with van der Waals surface area (Å²) in [5.74, 6) is 0. The van der Waals surface area contributed by atoms with E-state index in [9.17, 15) is 0 Å². The van der Waals surface area contributed by atoms with E-state index in [1.807, 2.05) is 0 Å². The van der Waals surface area contributed by atoms with E-state index in [4.69, 9.17) is 0 Å². The van der Waals surface area contributed by atoms with Crippen molar-refractivity contribution in [3.8, 4) is 0 Å². The maximum atomic E-state index is 4.36. The van der Waals surface area contributed by atoms with Gasteiger partial charge in [0.2, 0.25) is 0 Å². The summed E-state index contributed by atoms with van der Waals surface area (Å²) in [6.07, 6.45) is 0. The Morgan fingerprint density at radius 3 is 2.60 bits per heavy atom. The summed E-state index contributed by atoms with van der Waals surface area (Å²) in [6, 6.07) is 4.19. The highest BCUT2D eigenvalue weighted by Gasteiger charge is 2.38. The Bertz CT molecular complexity index is 269. The lowest BCUT2D eigenvalue weighted by Crippen LogP contribution is -2.06. The fourth-order valence-electron chi connectivity index (χ4n) is 1.02. The average Bonchev–Trinajstić information content (AvgIpc) is 2.31. The van der Waals surface area contributed by atoms with Crippen molar-refractivity contribution in [1.82, 2.24) is 0 Å². The Labute approximate surface area is 64.4 Å². The number of hydrogen-bond acceptors (Lipinski definition) is 2. The molecule has 0 saturated heterocycles. The Hall–Kier alpha value is -0.630. The molecule has 52 valence electrons. The fraction of sp³-hybridized carbons (Fsp3) is 0.375. The van der Waals surface area contributed by atoms with Crippen LogP contribution >= 0.6 is 11.3 Å². The van der Waals surface area contributed by atoms with Crippen LogP contribution in [0.15, 0.2) is 22.5 Å². The van der Waals surface area contributed by atoms with E-state index in [1.54, 1.807) is 11.3 Å². The molecule has 2 heterocycles. The predicted molar refractivity (Wildman–Crippen MR) is 44.9 cm³/mol. The van der Waals surface area contributed by atoms with Gasteiger partial charge in [-0.15, -0.1) is 11.3 Å². The SMILES string of the molecule is CC1(C)N=C1c1cccs1. The van der Waals surface area contributed by atoms with Crippen LogP contribution in [0.3, 0.4) is 0 Å². The fourth-order valence-corrected chi connectivity index (χ4v) is 1.89. The first-order chi connectivity index (χ1) is 4.70. The molecule has 1 nitrogen and oxygen atoms in total. The minimum absolute atomic E-state index is 0.144. The maximum absolute atomic E-state index is 4.36. The largest absolute Gasteiger partial charge is 0.273 e. The number of hydrogen-bond donors (Lipinski definition) is 0. The summed E-state index contributed by atoms with van der Waals surface area (Å²) in [6.45, 7) is 4.28. The molecular formula is C8H9NS. The number of rotatable bonds is 1. The summed E-state index contributed by atoms with van der Waals surface area (Å²) in [4.78, 5) is 5.68. The standard InChI is InChI=1S/C8H9NS/c1-8(2)7(9-8)6-4-3-5-10-6/h3-5H,1-2H3. The second-order valence-corrected chi connectivity index (χ2v) is 3.94. The Morgan fingerprint density at radius 1 is 1.50 bits per heavy atom. The molecule has 0 aliphatic carbocycles. The van der Waals surface area contributed by atoms with Crippen LogP contribution < -0.4 is 0 Å². The average molecular weight is 151 g/mol. The molecule has 1 aliphatic heterocycles. The zero-order chi connectivity index (χ0) is 7.19. The van der Waals surface area contributed by atoms with Crippen LogP contribution in [-0.2, 0) is 0 Å². The van der Waals surface area contributed by atoms with Gasteiger partial charge in [0.05, 0.1) is 16.1 Å². The lowest BCUT2D eigenvalue weighted by Gasteiger charge is -1.94. The molecule has 0 fully saturated rings. The third-order valence-corrected chi connectivity index (χ3v) is 2.55. The molecule has 0 N–H and O–H groups in total. The monoisotopic (exact) mass is 151 g/mol. The van der Waals surface area contributed by atoms with Crippen molar-refractivity contribution >= 4 is 17.0 Å². The van der Waals surface area contributed by atoms with Gasteiger partial charge in [-0.3, -0.25) is 4.99 Å². The van der Waals surface area contributed by atoms with Crippen molar-refractivity contribution in [2.75, 3.05) is 0 Å². The molecule has 0 saturated carbocycles. The summed E-state index contributed by atoms with van der Waals surface area (Å²) in [5, 5.41) is 2.09. The molecule has 0 aromatic carbocycles. The van der Waals surface area contributed by atoms with Crippen molar-refractivity contribution < 1.29 is 0 Å². The highest BCUT2D eigenvalue weighted by Crippen LogP contribution is 2.33. The van der Waals surface area contributed by atoms with Crippen molar-refractivity contribution in [2.45, 2.75) is 19.4 Å². The summed E-state index contributed by atoms with van der Waals surface area (Å²) in [7, 11) is 0. The molecule has 10 heavy (non-hydrogen) atoms. The first kappa shape index (κ1) is 6.10. The van der Waals surface area contributed by atoms with Gasteiger partial charge in [-0.25, -0.2) is 0 Å². The van der Waals surface area contributed by atoms with E-state index in [-0.39, 0.29) is 5.54 Å². The first-order valence-electron chi connectivity index (χ1n) is 3.34. The topological polar surface area (TPSA) is 12.4 Å². The van der Waals surface area contributed by atoms with Gasteiger partial charge in [0.25, 0.3) is 0 Å². The van der Waals surface area contributed by atoms with Gasteiger partial charge >= 0.3 is 0 Å². The molecule has 2 heteroatoms. The summed E-state index contributed by atoms with van der Waals surface area (Å²) < 4.78 is 0. The first-order valence-corrected chi connectivity index (χ1v) is 4.22. The molecule has 0 radical (unpaired) electrons. The molecule has 0 atom stereocenters. The summed E-state index contributed by atoms with van der Waals surface area (Å²) >= 11 is 1.77. The quantitative estimate of drug-likeness (QED) is 0.584. The van der Waals surface area contributed by atoms with Crippen molar-refractivity contribution in [2.24, 2.45) is 4.99 Å². The van der Waals surface area contributed by atoms with Gasteiger partial charge in [-0.1, -0.05) is 6.07 Å². The molecule has 0 bridgehead atoms. The van der Waals surface area contributed by atoms with E-state index in [1.165, 1.54) is 10.6 Å². The lowest BCUT2D eigenvalue weighted by molar-refractivity contribution is 0.826. The molecule has 0 spiro atoms. The minimum Gasteiger partial charge on any atom is -0.273 e. The van der Waals surface area contributed by atoms with Crippen LogP contribution in [0.5, 0.6) is 0 Å². The second-order valence-electron chi connectivity index (χ2n) is 3.00. The van der Waals surface area contributed by atoms with Crippen LogP contribution in [0, 0.1) is 0 Å². The molecule has 1 aromatic rings. The van der Waals surface area contributed by atoms with Gasteiger partial charge in [0, 0.05) is 0 Å². The normalized spacial score (nSPS) is 20.4. The predicted octanol–water partition coefficient (Wildman–Crippen LogP) is 2.33. The van der Waals surface area contributed by atoms with E-state index >= 15 is 0 Å². The molecular weight excluding hydrogens is 142 g/mol. The zero-order valence-electron chi connectivity index (χ0n) is 6.09. The molecule has 1 aliphatic rings. The van der Waals surface area contributed by atoms with Crippen LogP contribution in [0.4, 0.5) is 0 Å². The van der Waals surface area contributed by atoms with E-state index < -0.39 is 0 Å². The van der Waals surface area contributed by atoms with Gasteiger partial charge in [0.1, 0.15) is 0 Å². The summed E-state index contributed by atoms with van der Waals surface area (Å²) in [5.41, 5.74) is 1.41. The van der Waals surface area contributed by atoms with Crippen LogP contribution in [0.2, 0.25) is 0 Å². The Kier molecular flexibility index (Phi) is 1.04. The molecule has 0 unspecified atom stereocenters. The Morgan fingerprint density at radius 2 is 2.20 bits per heavy atom. The maximum Gasteiger partial charge on any atom is 0.0985 e. The van der Waals surface area contributed by atoms with Crippen LogP contribution in [0.25, 0.3) is 0 Å². The molecule has 0 amide bonds. The second kappa shape index (κ2) is 1.70. The van der Waals surface area contributed by atoms with Crippen molar-refractivity contribution in [3.05, 3.63) is 22.4 Å². The van der Waals surface area contributed by atoms with E-state index in [2.05, 4.69) is 36.4 Å².